The first kappa shape index (κ1) is 15.5. The summed E-state index contributed by atoms with van der Waals surface area (Å²) in [7, 11) is -1.55. The van der Waals surface area contributed by atoms with E-state index >= 15 is 0 Å². The Labute approximate surface area is 121 Å². The molecule has 2 unspecified atom stereocenters. The fourth-order valence-corrected chi connectivity index (χ4v) is 4.21. The summed E-state index contributed by atoms with van der Waals surface area (Å²) < 4.78 is 29.4. The summed E-state index contributed by atoms with van der Waals surface area (Å²) in [5, 5.41) is 7.44. The van der Waals surface area contributed by atoms with Gasteiger partial charge in [-0.15, -0.1) is 0 Å². The molecule has 0 aromatic carbocycles. The predicted molar refractivity (Wildman–Crippen MR) is 78.1 cm³/mol. The van der Waals surface area contributed by atoms with Crippen molar-refractivity contribution in [2.24, 2.45) is 5.92 Å². The van der Waals surface area contributed by atoms with E-state index in [1.54, 1.807) is 11.6 Å². The number of nitrogens with zero attached hydrogens (tertiary/aromatic N) is 2. The standard InChI is InChI=1S/C13H24N4O2S/c1-9-8-12(9)16-20(18,19)13-10(2)15-17(11(13)3)7-5-6-14-4/h9,12,14,16H,5-8H2,1-4H3. The minimum absolute atomic E-state index is 0.0893. The van der Waals surface area contributed by atoms with Gasteiger partial charge in [0.1, 0.15) is 4.90 Å². The van der Waals surface area contributed by atoms with E-state index in [1.807, 2.05) is 20.9 Å². The summed E-state index contributed by atoms with van der Waals surface area (Å²) >= 11 is 0. The van der Waals surface area contributed by atoms with Crippen molar-refractivity contribution < 1.29 is 8.42 Å². The normalized spacial score (nSPS) is 22.2. The number of sulfonamides is 1. The molecule has 114 valence electrons. The van der Waals surface area contributed by atoms with Gasteiger partial charge >= 0.3 is 0 Å². The van der Waals surface area contributed by atoms with Gasteiger partial charge in [-0.05, 0) is 46.2 Å². The highest BCUT2D eigenvalue weighted by atomic mass is 32.2. The molecule has 2 atom stereocenters. The van der Waals surface area contributed by atoms with Gasteiger partial charge in [-0.2, -0.15) is 5.10 Å². The average molecular weight is 300 g/mol. The Hall–Kier alpha value is -0.920. The van der Waals surface area contributed by atoms with Crippen LogP contribution in [0.25, 0.3) is 0 Å². The summed E-state index contributed by atoms with van der Waals surface area (Å²) in [6.07, 6.45) is 1.85. The van der Waals surface area contributed by atoms with Crippen LogP contribution in [0, 0.1) is 19.8 Å². The van der Waals surface area contributed by atoms with Crippen LogP contribution in [0.15, 0.2) is 4.90 Å². The van der Waals surface area contributed by atoms with Crippen LogP contribution >= 0.6 is 0 Å². The maximum atomic E-state index is 12.4. The Morgan fingerprint density at radius 1 is 1.40 bits per heavy atom. The number of hydrogen-bond donors (Lipinski definition) is 2. The van der Waals surface area contributed by atoms with Gasteiger partial charge in [0.2, 0.25) is 10.0 Å². The second-order valence-electron chi connectivity index (χ2n) is 5.62. The summed E-state index contributed by atoms with van der Waals surface area (Å²) in [6, 6.07) is 0.0893. The topological polar surface area (TPSA) is 76.0 Å². The molecular formula is C13H24N4O2S. The van der Waals surface area contributed by atoms with E-state index in [0.29, 0.717) is 16.5 Å². The Bertz CT molecular complexity index is 579. The molecule has 1 aromatic rings. The quantitative estimate of drug-likeness (QED) is 0.730. The van der Waals surface area contributed by atoms with Gasteiger partial charge in [0.05, 0.1) is 11.4 Å². The monoisotopic (exact) mass is 300 g/mol. The van der Waals surface area contributed by atoms with Crippen LogP contribution in [0.1, 0.15) is 31.2 Å². The third kappa shape index (κ3) is 3.21. The second-order valence-corrected chi connectivity index (χ2v) is 7.27. The van der Waals surface area contributed by atoms with E-state index < -0.39 is 10.0 Å². The van der Waals surface area contributed by atoms with Crippen molar-refractivity contribution in [2.75, 3.05) is 13.6 Å². The highest BCUT2D eigenvalue weighted by Crippen LogP contribution is 2.31. The largest absolute Gasteiger partial charge is 0.320 e. The molecule has 0 saturated heterocycles. The highest BCUT2D eigenvalue weighted by Gasteiger charge is 2.38. The third-order valence-corrected chi connectivity index (χ3v) is 5.54. The van der Waals surface area contributed by atoms with Crippen molar-refractivity contribution in [3.63, 3.8) is 0 Å². The number of hydrogen-bond acceptors (Lipinski definition) is 4. The van der Waals surface area contributed by atoms with Crippen LogP contribution in [0.2, 0.25) is 0 Å². The zero-order chi connectivity index (χ0) is 14.9. The molecule has 6 nitrogen and oxygen atoms in total. The van der Waals surface area contributed by atoms with Crippen LogP contribution in [-0.4, -0.2) is 37.8 Å². The van der Waals surface area contributed by atoms with Crippen molar-refractivity contribution in [2.45, 2.75) is 51.1 Å². The van der Waals surface area contributed by atoms with Crippen molar-refractivity contribution in [1.82, 2.24) is 19.8 Å². The molecule has 0 aliphatic heterocycles. The van der Waals surface area contributed by atoms with Gasteiger partial charge in [-0.3, -0.25) is 4.68 Å². The molecule has 1 fully saturated rings. The minimum atomic E-state index is -3.45. The lowest BCUT2D eigenvalue weighted by Gasteiger charge is -2.07. The molecule has 7 heteroatoms. The first-order valence-corrected chi connectivity index (χ1v) is 8.56. The summed E-state index contributed by atoms with van der Waals surface area (Å²) in [5.74, 6) is 0.441. The second kappa shape index (κ2) is 5.83. The molecule has 1 aliphatic rings. The van der Waals surface area contributed by atoms with E-state index in [1.165, 1.54) is 0 Å². The average Bonchev–Trinajstić information content (AvgIpc) is 2.92. The smallest absolute Gasteiger partial charge is 0.244 e. The first-order valence-electron chi connectivity index (χ1n) is 7.07. The Kier molecular flexibility index (Phi) is 4.51. The number of aromatic nitrogens is 2. The Balaban J connectivity index is 2.18. The van der Waals surface area contributed by atoms with Gasteiger partial charge < -0.3 is 5.32 Å². The van der Waals surface area contributed by atoms with Crippen molar-refractivity contribution >= 4 is 10.0 Å². The van der Waals surface area contributed by atoms with Gasteiger partial charge in [0, 0.05) is 12.6 Å². The zero-order valence-corrected chi connectivity index (χ0v) is 13.4. The van der Waals surface area contributed by atoms with Crippen LogP contribution in [-0.2, 0) is 16.6 Å². The molecule has 1 aliphatic carbocycles. The van der Waals surface area contributed by atoms with Gasteiger partial charge in [0.15, 0.2) is 0 Å². The maximum Gasteiger partial charge on any atom is 0.244 e. The molecule has 2 rings (SSSR count). The third-order valence-electron chi connectivity index (χ3n) is 3.80. The minimum Gasteiger partial charge on any atom is -0.320 e. The van der Waals surface area contributed by atoms with Crippen LogP contribution < -0.4 is 10.0 Å². The fourth-order valence-electron chi connectivity index (χ4n) is 2.44. The zero-order valence-electron chi connectivity index (χ0n) is 12.6. The lowest BCUT2D eigenvalue weighted by atomic mass is 10.4. The van der Waals surface area contributed by atoms with Gasteiger partial charge in [0.25, 0.3) is 0 Å². The summed E-state index contributed by atoms with van der Waals surface area (Å²) in [6.45, 7) is 7.24. The molecule has 0 bridgehead atoms. The fraction of sp³-hybridized carbons (Fsp3) is 0.769. The molecule has 20 heavy (non-hydrogen) atoms. The van der Waals surface area contributed by atoms with Crippen molar-refractivity contribution in [3.8, 4) is 0 Å². The number of nitrogens with one attached hydrogen (secondary N) is 2. The van der Waals surface area contributed by atoms with E-state index in [9.17, 15) is 8.42 Å². The molecule has 1 aromatic heterocycles. The van der Waals surface area contributed by atoms with Crippen LogP contribution in [0.3, 0.4) is 0 Å². The maximum absolute atomic E-state index is 12.4. The Morgan fingerprint density at radius 2 is 2.05 bits per heavy atom. The predicted octanol–water partition coefficient (Wildman–Crippen LogP) is 0.796. The summed E-state index contributed by atoms with van der Waals surface area (Å²) in [4.78, 5) is 0.348. The highest BCUT2D eigenvalue weighted by molar-refractivity contribution is 7.89. The van der Waals surface area contributed by atoms with Crippen molar-refractivity contribution in [1.29, 1.82) is 0 Å². The summed E-state index contributed by atoms with van der Waals surface area (Å²) in [5.41, 5.74) is 1.30. The molecule has 0 radical (unpaired) electrons. The van der Waals surface area contributed by atoms with Crippen LogP contribution in [0.5, 0.6) is 0 Å². The number of rotatable bonds is 7. The van der Waals surface area contributed by atoms with E-state index in [4.69, 9.17) is 0 Å². The van der Waals surface area contributed by atoms with E-state index in [0.717, 1.165) is 31.6 Å². The van der Waals surface area contributed by atoms with Crippen LogP contribution in [0.4, 0.5) is 0 Å². The van der Waals surface area contributed by atoms with E-state index in [-0.39, 0.29) is 6.04 Å². The van der Waals surface area contributed by atoms with Gasteiger partial charge in [-0.25, -0.2) is 13.1 Å². The van der Waals surface area contributed by atoms with E-state index in [2.05, 4.69) is 15.1 Å². The lowest BCUT2D eigenvalue weighted by molar-refractivity contribution is 0.545. The Morgan fingerprint density at radius 3 is 2.60 bits per heavy atom. The van der Waals surface area contributed by atoms with Gasteiger partial charge in [-0.1, -0.05) is 6.92 Å². The molecular weight excluding hydrogens is 276 g/mol. The molecule has 1 heterocycles. The molecule has 2 N–H and O–H groups in total. The number of aryl methyl sites for hydroxylation is 2. The first-order chi connectivity index (χ1) is 9.36. The lowest BCUT2D eigenvalue weighted by Crippen LogP contribution is -2.27. The molecule has 0 spiro atoms. The van der Waals surface area contributed by atoms with Crippen molar-refractivity contribution in [3.05, 3.63) is 11.4 Å². The SMILES string of the molecule is CNCCCn1nc(C)c(S(=O)(=O)NC2CC2C)c1C. The molecule has 0 amide bonds. The molecule has 1 saturated carbocycles.